The molecule has 0 spiro atoms. The van der Waals surface area contributed by atoms with Crippen molar-refractivity contribution in [2.24, 2.45) is 5.92 Å². The molecular formula is C15H18N2O2S. The van der Waals surface area contributed by atoms with Crippen LogP contribution >= 0.6 is 11.3 Å². The average Bonchev–Trinajstić information content (AvgIpc) is 2.73. The predicted molar refractivity (Wildman–Crippen MR) is 82.5 cm³/mol. The lowest BCUT2D eigenvalue weighted by Crippen LogP contribution is -2.32. The third-order valence-electron chi connectivity index (χ3n) is 3.92. The molecule has 1 heterocycles. The molecule has 1 aromatic heterocycles. The molecule has 0 unspecified atom stereocenters. The lowest BCUT2D eigenvalue weighted by molar-refractivity contribution is 0.0944. The molecule has 0 atom stereocenters. The normalized spacial score (nSPS) is 15.1. The highest BCUT2D eigenvalue weighted by Gasteiger charge is 2.21. The maximum Gasteiger partial charge on any atom is 0.263 e. The number of hydrogen-bond acceptors (Lipinski definition) is 4. The predicted octanol–water partition coefficient (Wildman–Crippen LogP) is 3.02. The zero-order chi connectivity index (χ0) is 14.1. The van der Waals surface area contributed by atoms with E-state index in [1.54, 1.807) is 7.11 Å². The smallest absolute Gasteiger partial charge is 0.263 e. The molecular weight excluding hydrogens is 272 g/mol. The molecule has 0 radical (unpaired) electrons. The van der Waals surface area contributed by atoms with E-state index in [0.717, 1.165) is 22.4 Å². The molecule has 0 aliphatic heterocycles. The molecule has 1 aliphatic carbocycles. The van der Waals surface area contributed by atoms with Gasteiger partial charge in [-0.1, -0.05) is 6.42 Å². The van der Waals surface area contributed by atoms with Crippen molar-refractivity contribution in [3.8, 4) is 5.75 Å². The number of rotatable bonds is 4. The van der Waals surface area contributed by atoms with E-state index in [0.29, 0.717) is 16.5 Å². The van der Waals surface area contributed by atoms with E-state index in [1.165, 1.54) is 30.6 Å². The maximum absolute atomic E-state index is 12.2. The Balaban J connectivity index is 1.82. The number of anilines is 1. The summed E-state index contributed by atoms with van der Waals surface area (Å²) in [5, 5.41) is 3.91. The van der Waals surface area contributed by atoms with Gasteiger partial charge in [0, 0.05) is 16.6 Å². The first-order valence-electron chi connectivity index (χ1n) is 6.83. The number of fused-ring (bicyclic) bond motifs is 1. The summed E-state index contributed by atoms with van der Waals surface area (Å²) in [6.45, 7) is 0.760. The highest BCUT2D eigenvalue weighted by Crippen LogP contribution is 2.35. The molecule has 4 nitrogen and oxygen atoms in total. The van der Waals surface area contributed by atoms with E-state index in [4.69, 9.17) is 10.5 Å². The van der Waals surface area contributed by atoms with E-state index < -0.39 is 0 Å². The quantitative estimate of drug-likeness (QED) is 0.909. The van der Waals surface area contributed by atoms with Crippen LogP contribution in [0.25, 0.3) is 10.1 Å². The summed E-state index contributed by atoms with van der Waals surface area (Å²) in [7, 11) is 1.63. The molecule has 1 fully saturated rings. The Labute approximate surface area is 121 Å². The number of nitrogens with one attached hydrogen (secondary N) is 1. The summed E-state index contributed by atoms with van der Waals surface area (Å²) in [5.74, 6) is 1.37. The van der Waals surface area contributed by atoms with Crippen LogP contribution in [0.15, 0.2) is 18.2 Å². The molecule has 5 heteroatoms. The number of nitrogens with two attached hydrogens (primary N) is 1. The zero-order valence-corrected chi connectivity index (χ0v) is 12.3. The Morgan fingerprint density at radius 3 is 2.95 bits per heavy atom. The number of ether oxygens (including phenoxy) is 1. The highest BCUT2D eigenvalue weighted by molar-refractivity contribution is 7.21. The molecule has 0 saturated heterocycles. The minimum absolute atomic E-state index is 0.0606. The molecule has 20 heavy (non-hydrogen) atoms. The summed E-state index contributed by atoms with van der Waals surface area (Å²) in [6.07, 6.45) is 3.73. The van der Waals surface area contributed by atoms with Gasteiger partial charge in [0.25, 0.3) is 5.91 Å². The van der Waals surface area contributed by atoms with Gasteiger partial charge in [0.05, 0.1) is 12.8 Å². The fraction of sp³-hybridized carbons (Fsp3) is 0.400. The van der Waals surface area contributed by atoms with Gasteiger partial charge in [-0.05, 0) is 37.0 Å². The van der Waals surface area contributed by atoms with Gasteiger partial charge < -0.3 is 15.8 Å². The number of hydrogen-bond donors (Lipinski definition) is 2. The fourth-order valence-corrected chi connectivity index (χ4v) is 3.47. The lowest BCUT2D eigenvalue weighted by atomic mass is 9.85. The van der Waals surface area contributed by atoms with E-state index in [2.05, 4.69) is 5.32 Å². The fourth-order valence-electron chi connectivity index (χ4n) is 2.41. The number of thiophene rings is 1. The van der Waals surface area contributed by atoms with E-state index >= 15 is 0 Å². The summed E-state index contributed by atoms with van der Waals surface area (Å²) < 4.78 is 6.18. The van der Waals surface area contributed by atoms with Gasteiger partial charge >= 0.3 is 0 Å². The largest absolute Gasteiger partial charge is 0.497 e. The second-order valence-electron chi connectivity index (χ2n) is 5.21. The van der Waals surface area contributed by atoms with Gasteiger partial charge in [-0.2, -0.15) is 0 Å². The number of carbonyl (C=O) groups is 1. The molecule has 1 aromatic carbocycles. The van der Waals surface area contributed by atoms with Crippen LogP contribution < -0.4 is 15.8 Å². The van der Waals surface area contributed by atoms with Crippen molar-refractivity contribution in [1.82, 2.24) is 5.32 Å². The summed E-state index contributed by atoms with van der Waals surface area (Å²) >= 11 is 1.42. The van der Waals surface area contributed by atoms with Crippen LogP contribution in [0.3, 0.4) is 0 Å². The lowest BCUT2D eigenvalue weighted by Gasteiger charge is -2.25. The van der Waals surface area contributed by atoms with Crippen LogP contribution in [0.4, 0.5) is 5.69 Å². The second kappa shape index (κ2) is 5.32. The number of amides is 1. The van der Waals surface area contributed by atoms with Gasteiger partial charge in [-0.15, -0.1) is 11.3 Å². The Bertz CT molecular complexity index is 647. The second-order valence-corrected chi connectivity index (χ2v) is 6.27. The van der Waals surface area contributed by atoms with E-state index in [1.807, 2.05) is 18.2 Å². The van der Waals surface area contributed by atoms with Crippen molar-refractivity contribution in [3.05, 3.63) is 23.1 Å². The van der Waals surface area contributed by atoms with E-state index in [9.17, 15) is 4.79 Å². The third-order valence-corrected chi connectivity index (χ3v) is 5.08. The van der Waals surface area contributed by atoms with Crippen LogP contribution in [0.5, 0.6) is 5.75 Å². The first-order valence-corrected chi connectivity index (χ1v) is 7.65. The number of nitrogen functional groups attached to an aromatic ring is 1. The molecule has 1 saturated carbocycles. The van der Waals surface area contributed by atoms with Crippen LogP contribution in [0.1, 0.15) is 28.9 Å². The van der Waals surface area contributed by atoms with Crippen molar-refractivity contribution in [2.45, 2.75) is 19.3 Å². The van der Waals surface area contributed by atoms with Crippen molar-refractivity contribution in [1.29, 1.82) is 0 Å². The summed E-state index contributed by atoms with van der Waals surface area (Å²) in [5.41, 5.74) is 6.66. The number of carbonyl (C=O) groups excluding carboxylic acids is 1. The van der Waals surface area contributed by atoms with E-state index in [-0.39, 0.29) is 5.91 Å². The van der Waals surface area contributed by atoms with Gasteiger partial charge in [0.1, 0.15) is 10.6 Å². The van der Waals surface area contributed by atoms with Crippen LogP contribution in [-0.2, 0) is 0 Å². The molecule has 106 valence electrons. The van der Waals surface area contributed by atoms with Crippen molar-refractivity contribution < 1.29 is 9.53 Å². The minimum atomic E-state index is -0.0606. The van der Waals surface area contributed by atoms with Gasteiger partial charge in [-0.25, -0.2) is 0 Å². The number of benzene rings is 1. The summed E-state index contributed by atoms with van der Waals surface area (Å²) in [4.78, 5) is 12.8. The van der Waals surface area contributed by atoms with Gasteiger partial charge in [-0.3, -0.25) is 4.79 Å². The Kier molecular flexibility index (Phi) is 3.53. The summed E-state index contributed by atoms with van der Waals surface area (Å²) in [6, 6.07) is 5.68. The van der Waals surface area contributed by atoms with Gasteiger partial charge in [0.2, 0.25) is 0 Å². The zero-order valence-electron chi connectivity index (χ0n) is 11.4. The van der Waals surface area contributed by atoms with Crippen LogP contribution in [0.2, 0.25) is 0 Å². The molecule has 3 N–H and O–H groups in total. The van der Waals surface area contributed by atoms with Crippen molar-refractivity contribution in [3.63, 3.8) is 0 Å². The topological polar surface area (TPSA) is 64.3 Å². The van der Waals surface area contributed by atoms with Crippen LogP contribution in [-0.4, -0.2) is 19.6 Å². The Morgan fingerprint density at radius 2 is 2.30 bits per heavy atom. The molecule has 1 amide bonds. The Morgan fingerprint density at radius 1 is 1.50 bits per heavy atom. The molecule has 3 rings (SSSR count). The van der Waals surface area contributed by atoms with Crippen LogP contribution in [0, 0.1) is 5.92 Å². The first-order chi connectivity index (χ1) is 9.69. The molecule has 0 bridgehead atoms. The number of methoxy groups -OCH3 is 1. The standard InChI is InChI=1S/C15H18N2O2S/c1-19-10-5-6-11-12(7-10)20-14(13(11)16)15(18)17-8-9-3-2-4-9/h5-7,9H,2-4,8,16H2,1H3,(H,17,18). The van der Waals surface area contributed by atoms with Gasteiger partial charge in [0.15, 0.2) is 0 Å². The molecule has 2 aromatic rings. The highest BCUT2D eigenvalue weighted by atomic mass is 32.1. The molecule has 1 aliphatic rings. The minimum Gasteiger partial charge on any atom is -0.497 e. The van der Waals surface area contributed by atoms with Crippen molar-refractivity contribution in [2.75, 3.05) is 19.4 Å². The third kappa shape index (κ3) is 2.33. The SMILES string of the molecule is COc1ccc2c(N)c(C(=O)NCC3CCC3)sc2c1. The average molecular weight is 290 g/mol. The monoisotopic (exact) mass is 290 g/mol. The van der Waals surface area contributed by atoms with Crippen molar-refractivity contribution >= 4 is 33.0 Å². The first kappa shape index (κ1) is 13.2. The maximum atomic E-state index is 12.2. The Hall–Kier alpha value is -1.75.